The molecular weight excluding hydrogens is 234 g/mol. The Kier molecular flexibility index (Phi) is 4.78. The van der Waals surface area contributed by atoms with Crippen molar-refractivity contribution in [1.29, 1.82) is 0 Å². The molecule has 0 atom stereocenters. The van der Waals surface area contributed by atoms with Crippen molar-refractivity contribution in [3.63, 3.8) is 0 Å². The second-order valence-electron chi connectivity index (χ2n) is 4.63. The van der Waals surface area contributed by atoms with E-state index in [9.17, 15) is 0 Å². The minimum absolute atomic E-state index is 0.851. The first kappa shape index (κ1) is 13.4. The lowest BCUT2D eigenvalue weighted by Crippen LogP contribution is -2.18. The Morgan fingerprint density at radius 2 is 1.89 bits per heavy atom. The molecule has 1 N–H and O–H groups in total. The molecule has 1 heterocycles. The van der Waals surface area contributed by atoms with E-state index in [1.807, 2.05) is 18.3 Å². The van der Waals surface area contributed by atoms with Crippen LogP contribution in [0.1, 0.15) is 18.9 Å². The van der Waals surface area contributed by atoms with Crippen LogP contribution < -0.4 is 10.2 Å². The van der Waals surface area contributed by atoms with Crippen LogP contribution in [0.25, 0.3) is 0 Å². The van der Waals surface area contributed by atoms with E-state index < -0.39 is 0 Å². The third-order valence-corrected chi connectivity index (χ3v) is 3.04. The van der Waals surface area contributed by atoms with Crippen molar-refractivity contribution in [3.05, 3.63) is 54.2 Å². The van der Waals surface area contributed by atoms with Gasteiger partial charge in [0.05, 0.1) is 0 Å². The number of nitrogens with zero attached hydrogens (tertiary/aromatic N) is 2. The highest BCUT2D eigenvalue weighted by atomic mass is 15.1. The number of para-hydroxylation sites is 1. The molecule has 3 nitrogen and oxygen atoms in total. The number of pyridine rings is 1. The standard InChI is InChI=1S/C16H21N3/c1-3-11-17-16-14(8-7-12-18-16)13-19(2)15-9-5-4-6-10-15/h4-10,12H,3,11,13H2,1-2H3,(H,17,18). The minimum Gasteiger partial charge on any atom is -0.370 e. The summed E-state index contributed by atoms with van der Waals surface area (Å²) in [5.74, 6) is 0.993. The van der Waals surface area contributed by atoms with Crippen molar-refractivity contribution in [2.24, 2.45) is 0 Å². The van der Waals surface area contributed by atoms with Crippen molar-refractivity contribution in [2.75, 3.05) is 23.8 Å². The van der Waals surface area contributed by atoms with E-state index in [2.05, 4.69) is 59.5 Å². The van der Waals surface area contributed by atoms with Crippen molar-refractivity contribution in [2.45, 2.75) is 19.9 Å². The average Bonchev–Trinajstić information content (AvgIpc) is 2.47. The lowest BCUT2D eigenvalue weighted by atomic mass is 10.2. The number of hydrogen-bond donors (Lipinski definition) is 1. The first-order valence-corrected chi connectivity index (χ1v) is 6.75. The molecule has 0 aliphatic rings. The normalized spacial score (nSPS) is 10.2. The van der Waals surface area contributed by atoms with E-state index in [-0.39, 0.29) is 0 Å². The van der Waals surface area contributed by atoms with Gasteiger partial charge in [-0.15, -0.1) is 0 Å². The molecule has 2 rings (SSSR count). The smallest absolute Gasteiger partial charge is 0.130 e. The summed E-state index contributed by atoms with van der Waals surface area (Å²) in [4.78, 5) is 6.66. The number of nitrogens with one attached hydrogen (secondary N) is 1. The summed E-state index contributed by atoms with van der Waals surface area (Å²) in [6.45, 7) is 3.97. The maximum atomic E-state index is 4.43. The fourth-order valence-electron chi connectivity index (χ4n) is 2.00. The molecule has 0 spiro atoms. The molecule has 0 fully saturated rings. The number of hydrogen-bond acceptors (Lipinski definition) is 3. The first-order valence-electron chi connectivity index (χ1n) is 6.75. The summed E-state index contributed by atoms with van der Waals surface area (Å²) in [5.41, 5.74) is 2.44. The third-order valence-electron chi connectivity index (χ3n) is 3.04. The second-order valence-corrected chi connectivity index (χ2v) is 4.63. The van der Waals surface area contributed by atoms with Crippen LogP contribution in [-0.4, -0.2) is 18.6 Å². The second kappa shape index (κ2) is 6.78. The van der Waals surface area contributed by atoms with Crippen LogP contribution in [0.5, 0.6) is 0 Å². The molecule has 0 bridgehead atoms. The van der Waals surface area contributed by atoms with Crippen molar-refractivity contribution < 1.29 is 0 Å². The molecule has 2 aromatic rings. The number of rotatable bonds is 6. The number of aromatic nitrogens is 1. The maximum absolute atomic E-state index is 4.43. The monoisotopic (exact) mass is 255 g/mol. The molecule has 0 saturated carbocycles. The highest BCUT2D eigenvalue weighted by Gasteiger charge is 2.06. The minimum atomic E-state index is 0.851. The topological polar surface area (TPSA) is 28.2 Å². The molecule has 3 heteroatoms. The van der Waals surface area contributed by atoms with E-state index >= 15 is 0 Å². The van der Waals surface area contributed by atoms with Crippen LogP contribution in [0.4, 0.5) is 11.5 Å². The van der Waals surface area contributed by atoms with E-state index in [1.54, 1.807) is 0 Å². The zero-order valence-corrected chi connectivity index (χ0v) is 11.6. The van der Waals surface area contributed by atoms with E-state index in [4.69, 9.17) is 0 Å². The summed E-state index contributed by atoms with van der Waals surface area (Å²) in [6, 6.07) is 14.5. The number of anilines is 2. The predicted molar refractivity (Wildman–Crippen MR) is 81.6 cm³/mol. The van der Waals surface area contributed by atoms with Crippen molar-refractivity contribution >= 4 is 11.5 Å². The fourth-order valence-corrected chi connectivity index (χ4v) is 2.00. The maximum Gasteiger partial charge on any atom is 0.130 e. The summed E-state index contributed by atoms with van der Waals surface area (Å²) in [7, 11) is 2.10. The lowest BCUT2D eigenvalue weighted by Gasteiger charge is -2.21. The van der Waals surface area contributed by atoms with Gasteiger partial charge in [0.2, 0.25) is 0 Å². The Morgan fingerprint density at radius 1 is 1.11 bits per heavy atom. The van der Waals surface area contributed by atoms with Crippen molar-refractivity contribution in [3.8, 4) is 0 Å². The molecule has 19 heavy (non-hydrogen) atoms. The van der Waals surface area contributed by atoms with Crippen LogP contribution in [0, 0.1) is 0 Å². The van der Waals surface area contributed by atoms with E-state index in [1.165, 1.54) is 11.3 Å². The van der Waals surface area contributed by atoms with Gasteiger partial charge in [-0.25, -0.2) is 4.98 Å². The van der Waals surface area contributed by atoms with Gasteiger partial charge in [-0.2, -0.15) is 0 Å². The molecule has 0 unspecified atom stereocenters. The fraction of sp³-hybridized carbons (Fsp3) is 0.312. The van der Waals surface area contributed by atoms with Crippen LogP contribution in [-0.2, 0) is 6.54 Å². The van der Waals surface area contributed by atoms with Gasteiger partial charge >= 0.3 is 0 Å². The van der Waals surface area contributed by atoms with Gasteiger partial charge in [0.1, 0.15) is 5.82 Å². The molecule has 1 aromatic carbocycles. The van der Waals surface area contributed by atoms with Gasteiger partial charge in [0.25, 0.3) is 0 Å². The van der Waals surface area contributed by atoms with Gasteiger partial charge in [0, 0.05) is 37.6 Å². The summed E-state index contributed by atoms with van der Waals surface area (Å²) in [6.07, 6.45) is 2.94. The highest BCUT2D eigenvalue weighted by Crippen LogP contribution is 2.18. The molecule has 100 valence electrons. The molecule has 0 aliphatic heterocycles. The first-order chi connectivity index (χ1) is 9.31. The molecular formula is C16H21N3. The van der Waals surface area contributed by atoms with E-state index in [0.29, 0.717) is 0 Å². The number of benzene rings is 1. The molecule has 1 aromatic heterocycles. The molecule has 0 radical (unpaired) electrons. The quantitative estimate of drug-likeness (QED) is 0.855. The Morgan fingerprint density at radius 3 is 2.63 bits per heavy atom. The Labute approximate surface area is 115 Å². The summed E-state index contributed by atoms with van der Waals surface area (Å²) >= 11 is 0. The lowest BCUT2D eigenvalue weighted by molar-refractivity contribution is 0.903. The van der Waals surface area contributed by atoms with Gasteiger partial charge < -0.3 is 10.2 Å². The van der Waals surface area contributed by atoms with Crippen LogP contribution >= 0.6 is 0 Å². The van der Waals surface area contributed by atoms with Gasteiger partial charge in [0.15, 0.2) is 0 Å². The van der Waals surface area contributed by atoms with Crippen LogP contribution in [0.2, 0.25) is 0 Å². The summed E-state index contributed by atoms with van der Waals surface area (Å²) in [5, 5.41) is 3.38. The van der Waals surface area contributed by atoms with Gasteiger partial charge in [-0.05, 0) is 24.6 Å². The largest absolute Gasteiger partial charge is 0.370 e. The Hall–Kier alpha value is -2.03. The molecule has 0 saturated heterocycles. The third kappa shape index (κ3) is 3.71. The molecule has 0 amide bonds. The van der Waals surface area contributed by atoms with E-state index in [0.717, 1.165) is 25.3 Å². The molecule has 0 aliphatic carbocycles. The zero-order chi connectivity index (χ0) is 13.5. The van der Waals surface area contributed by atoms with Crippen LogP contribution in [0.15, 0.2) is 48.7 Å². The van der Waals surface area contributed by atoms with Crippen LogP contribution in [0.3, 0.4) is 0 Å². The zero-order valence-electron chi connectivity index (χ0n) is 11.6. The van der Waals surface area contributed by atoms with Gasteiger partial charge in [-0.3, -0.25) is 0 Å². The van der Waals surface area contributed by atoms with Crippen molar-refractivity contribution in [1.82, 2.24) is 4.98 Å². The Balaban J connectivity index is 2.10. The van der Waals surface area contributed by atoms with Gasteiger partial charge in [-0.1, -0.05) is 31.2 Å². The average molecular weight is 255 g/mol. The Bertz CT molecular complexity index is 496. The SMILES string of the molecule is CCCNc1ncccc1CN(C)c1ccccc1. The highest BCUT2D eigenvalue weighted by molar-refractivity contribution is 5.50. The predicted octanol–water partition coefficient (Wildman–Crippen LogP) is 3.54. The summed E-state index contributed by atoms with van der Waals surface area (Å²) < 4.78 is 0.